The maximum absolute atomic E-state index is 12.8. The van der Waals surface area contributed by atoms with E-state index in [0.29, 0.717) is 18.1 Å². The van der Waals surface area contributed by atoms with Crippen molar-refractivity contribution >= 4 is 18.0 Å². The molecule has 36 heavy (non-hydrogen) atoms. The van der Waals surface area contributed by atoms with Crippen molar-refractivity contribution in [2.45, 2.75) is 58.4 Å². The van der Waals surface area contributed by atoms with Gasteiger partial charge in [0.25, 0.3) is 0 Å². The molecule has 1 unspecified atom stereocenters. The predicted octanol–water partition coefficient (Wildman–Crippen LogP) is 4.43. The number of pyridine rings is 1. The van der Waals surface area contributed by atoms with Crippen molar-refractivity contribution in [3.8, 4) is 5.82 Å². The molecular weight excluding hydrogens is 461 g/mol. The van der Waals surface area contributed by atoms with Gasteiger partial charge in [-0.1, -0.05) is 18.9 Å². The van der Waals surface area contributed by atoms with Gasteiger partial charge >= 0.3 is 0 Å². The van der Waals surface area contributed by atoms with Gasteiger partial charge in [-0.3, -0.25) is 9.89 Å². The van der Waals surface area contributed by atoms with E-state index in [2.05, 4.69) is 40.9 Å². The summed E-state index contributed by atoms with van der Waals surface area (Å²) in [6.45, 7) is 5.84. The summed E-state index contributed by atoms with van der Waals surface area (Å²) in [6.07, 6.45) is 9.64. The third kappa shape index (κ3) is 6.49. The summed E-state index contributed by atoms with van der Waals surface area (Å²) in [7, 11) is 0. The Balaban J connectivity index is 0.000000170. The Kier molecular flexibility index (Phi) is 7.99. The number of aryl methyl sites for hydroxylation is 2. The highest BCUT2D eigenvalue weighted by atomic mass is 19.1. The van der Waals surface area contributed by atoms with Crippen molar-refractivity contribution in [3.05, 3.63) is 71.4 Å². The topological polar surface area (TPSA) is 126 Å². The number of hydrogen-bond donors (Lipinski definition) is 3. The molecule has 0 aromatic carbocycles. The van der Waals surface area contributed by atoms with Crippen LogP contribution in [0.1, 0.15) is 67.3 Å². The van der Waals surface area contributed by atoms with Gasteiger partial charge in [-0.2, -0.15) is 10.2 Å². The van der Waals surface area contributed by atoms with Crippen LogP contribution in [0.25, 0.3) is 5.82 Å². The number of nitrogens with zero attached hydrogens (tertiary/aromatic N) is 6. The first-order valence-electron chi connectivity index (χ1n) is 11.9. The lowest BCUT2D eigenvalue weighted by atomic mass is 10.1. The molecule has 1 fully saturated rings. The van der Waals surface area contributed by atoms with Crippen LogP contribution in [-0.4, -0.2) is 41.3 Å². The second kappa shape index (κ2) is 11.5. The summed E-state index contributed by atoms with van der Waals surface area (Å²) in [4.78, 5) is 23.7. The molecule has 11 heteroatoms. The van der Waals surface area contributed by atoms with Gasteiger partial charge in [-0.05, 0) is 45.2 Å². The maximum atomic E-state index is 12.8. The van der Waals surface area contributed by atoms with Crippen LogP contribution in [0.15, 0.2) is 42.9 Å². The van der Waals surface area contributed by atoms with E-state index in [9.17, 15) is 9.18 Å². The van der Waals surface area contributed by atoms with Crippen LogP contribution in [0.5, 0.6) is 0 Å². The van der Waals surface area contributed by atoms with E-state index < -0.39 is 5.82 Å². The quantitative estimate of drug-likeness (QED) is 0.326. The molecule has 3 N–H and O–H groups in total. The first-order chi connectivity index (χ1) is 17.4. The zero-order valence-electron chi connectivity index (χ0n) is 20.6. The molecule has 1 saturated carbocycles. The molecule has 1 aliphatic carbocycles. The van der Waals surface area contributed by atoms with E-state index in [4.69, 9.17) is 0 Å². The van der Waals surface area contributed by atoms with Crippen LogP contribution in [0.3, 0.4) is 0 Å². The van der Waals surface area contributed by atoms with Crippen LogP contribution >= 0.6 is 0 Å². The summed E-state index contributed by atoms with van der Waals surface area (Å²) in [5, 5.41) is 16.8. The Morgan fingerprint density at radius 3 is 2.56 bits per heavy atom. The Bertz CT molecular complexity index is 1280. The molecule has 1 aliphatic rings. The van der Waals surface area contributed by atoms with E-state index in [1.165, 1.54) is 36.6 Å². The van der Waals surface area contributed by atoms with Gasteiger partial charge in [-0.15, -0.1) is 0 Å². The molecule has 5 rings (SSSR count). The molecule has 1 atom stereocenters. The summed E-state index contributed by atoms with van der Waals surface area (Å²) >= 11 is 0. The van der Waals surface area contributed by atoms with Crippen molar-refractivity contribution in [2.24, 2.45) is 0 Å². The highest BCUT2D eigenvalue weighted by molar-refractivity contribution is 5.52. The molecule has 0 saturated heterocycles. The molecule has 0 aliphatic heterocycles. The number of rotatable bonds is 7. The average molecular weight is 492 g/mol. The molecule has 4 aromatic rings. The number of nitrogens with one attached hydrogen (secondary N) is 3. The van der Waals surface area contributed by atoms with Gasteiger partial charge in [0.05, 0.1) is 18.4 Å². The van der Waals surface area contributed by atoms with Gasteiger partial charge in [0.2, 0.25) is 6.41 Å². The molecule has 1 amide bonds. The third-order valence-electron chi connectivity index (χ3n) is 5.93. The first-order valence-corrected chi connectivity index (χ1v) is 11.9. The second-order valence-corrected chi connectivity index (χ2v) is 8.85. The van der Waals surface area contributed by atoms with E-state index in [1.54, 1.807) is 12.3 Å². The zero-order chi connectivity index (χ0) is 25.5. The smallest absolute Gasteiger partial charge is 0.207 e. The number of aromatic nitrogens is 7. The largest absolute Gasteiger partial charge is 0.352 e. The van der Waals surface area contributed by atoms with Crippen LogP contribution in [-0.2, 0) is 4.79 Å². The molecule has 4 heterocycles. The van der Waals surface area contributed by atoms with Gasteiger partial charge in [0.15, 0.2) is 17.5 Å². The van der Waals surface area contributed by atoms with Gasteiger partial charge in [0.1, 0.15) is 11.6 Å². The maximum Gasteiger partial charge on any atom is 0.207 e. The number of amides is 1. The summed E-state index contributed by atoms with van der Waals surface area (Å²) in [5.74, 6) is 3.25. The second-order valence-electron chi connectivity index (χ2n) is 8.85. The van der Waals surface area contributed by atoms with Crippen molar-refractivity contribution in [1.82, 2.24) is 40.2 Å². The van der Waals surface area contributed by atoms with Crippen molar-refractivity contribution < 1.29 is 9.18 Å². The van der Waals surface area contributed by atoms with Gasteiger partial charge < -0.3 is 10.6 Å². The lowest BCUT2D eigenvalue weighted by Gasteiger charge is -2.10. The normalized spacial score (nSPS) is 14.1. The minimum absolute atomic E-state index is 0.108. The van der Waals surface area contributed by atoms with Crippen LogP contribution < -0.4 is 10.6 Å². The highest BCUT2D eigenvalue weighted by Crippen LogP contribution is 2.32. The number of aromatic amines is 1. The van der Waals surface area contributed by atoms with E-state index in [1.807, 2.05) is 39.0 Å². The minimum Gasteiger partial charge on any atom is -0.352 e. The van der Waals surface area contributed by atoms with E-state index in [0.717, 1.165) is 40.6 Å². The number of H-pyrrole nitrogens is 1. The van der Waals surface area contributed by atoms with Crippen molar-refractivity contribution in [1.29, 1.82) is 0 Å². The van der Waals surface area contributed by atoms with Crippen molar-refractivity contribution in [3.63, 3.8) is 0 Å². The molecular formula is C25H30FN9O. The van der Waals surface area contributed by atoms with E-state index >= 15 is 0 Å². The monoisotopic (exact) mass is 491 g/mol. The molecule has 0 radical (unpaired) electrons. The third-order valence-corrected chi connectivity index (χ3v) is 5.93. The lowest BCUT2D eigenvalue weighted by Crippen LogP contribution is -2.16. The number of anilines is 2. The summed E-state index contributed by atoms with van der Waals surface area (Å²) < 4.78 is 14.1. The molecule has 10 nitrogen and oxygen atoms in total. The molecule has 0 bridgehead atoms. The fourth-order valence-electron chi connectivity index (χ4n) is 4.05. The number of halogens is 1. The number of carbonyl (C=O) groups is 1. The zero-order valence-corrected chi connectivity index (χ0v) is 20.6. The van der Waals surface area contributed by atoms with Gasteiger partial charge in [-0.25, -0.2) is 24.0 Å². The first kappa shape index (κ1) is 25.0. The van der Waals surface area contributed by atoms with E-state index in [-0.39, 0.29) is 6.04 Å². The van der Waals surface area contributed by atoms with Crippen LogP contribution in [0, 0.1) is 19.7 Å². The standard InChI is InChI=1S/C14H19N5.C11H11FN4O/c1-9-7-12(16-13-8-10(2)18-19-13)17-14(15-9)11-5-3-4-6-11;1-8(14-7-17)9-2-3-11(13-4-9)16-6-10(12)5-15-16/h7-8,11H,3-6H2,1-2H3,(H2,15,16,17,18,19);2-8H,1H3,(H,14,17). The predicted molar refractivity (Wildman–Crippen MR) is 134 cm³/mol. The fourth-order valence-corrected chi connectivity index (χ4v) is 4.05. The molecule has 4 aromatic heterocycles. The molecule has 0 spiro atoms. The van der Waals surface area contributed by atoms with Crippen molar-refractivity contribution in [2.75, 3.05) is 5.32 Å². The Morgan fingerprint density at radius 1 is 1.14 bits per heavy atom. The summed E-state index contributed by atoms with van der Waals surface area (Å²) in [5.41, 5.74) is 2.91. The fraction of sp³-hybridized carbons (Fsp3) is 0.360. The number of carbonyl (C=O) groups excluding carboxylic acids is 1. The lowest BCUT2D eigenvalue weighted by molar-refractivity contribution is -0.110. The molecule has 188 valence electrons. The Hall–Kier alpha value is -4.15. The van der Waals surface area contributed by atoms with Gasteiger partial charge in [0, 0.05) is 35.6 Å². The highest BCUT2D eigenvalue weighted by Gasteiger charge is 2.20. The summed E-state index contributed by atoms with van der Waals surface area (Å²) in [6, 6.07) is 7.34. The number of hydrogen-bond acceptors (Lipinski definition) is 7. The Morgan fingerprint density at radius 2 is 1.94 bits per heavy atom. The Labute approximate surface area is 208 Å². The average Bonchev–Trinajstić information content (AvgIpc) is 3.62. The minimum atomic E-state index is -0.410. The van der Waals surface area contributed by atoms with Crippen LogP contribution in [0.4, 0.5) is 16.0 Å². The SMILES string of the molecule is CC(NC=O)c1ccc(-n2cc(F)cn2)nc1.Cc1cc(Nc2cc(C)[nH]n2)nc(C2CCCC2)n1. The van der Waals surface area contributed by atoms with Crippen LogP contribution in [0.2, 0.25) is 0 Å².